The number of aryl methyl sites for hydroxylation is 1. The van der Waals surface area contributed by atoms with Crippen molar-refractivity contribution in [2.75, 3.05) is 6.54 Å². The topological polar surface area (TPSA) is 44.9 Å². The van der Waals surface area contributed by atoms with Crippen molar-refractivity contribution in [2.45, 2.75) is 31.7 Å². The zero-order chi connectivity index (χ0) is 13.9. The summed E-state index contributed by atoms with van der Waals surface area (Å²) < 4.78 is 0.848. The van der Waals surface area contributed by atoms with Crippen molar-refractivity contribution in [1.82, 2.24) is 10.3 Å². The second kappa shape index (κ2) is 6.12. The quantitative estimate of drug-likeness (QED) is 0.910. The largest absolute Gasteiger partial charge is 0.326 e. The Kier molecular flexibility index (Phi) is 4.24. The van der Waals surface area contributed by atoms with Crippen LogP contribution in [0.1, 0.15) is 35.0 Å². The monoisotopic (exact) mass is 308 g/mol. The van der Waals surface area contributed by atoms with E-state index in [2.05, 4.69) is 16.4 Å². The van der Waals surface area contributed by atoms with Crippen LogP contribution in [0.2, 0.25) is 4.34 Å². The maximum Gasteiger partial charge on any atom is 0.248 e. The molecule has 0 fully saturated rings. The molecule has 20 heavy (non-hydrogen) atoms. The van der Waals surface area contributed by atoms with Crippen LogP contribution < -0.4 is 10.9 Å². The lowest BCUT2D eigenvalue weighted by molar-refractivity contribution is 0.458. The van der Waals surface area contributed by atoms with E-state index in [1.807, 2.05) is 12.1 Å². The van der Waals surface area contributed by atoms with Crippen LogP contribution >= 0.6 is 22.9 Å². The number of thiophene rings is 1. The fourth-order valence-electron chi connectivity index (χ4n) is 2.77. The Morgan fingerprint density at radius 2 is 2.25 bits per heavy atom. The molecule has 0 saturated heterocycles. The molecule has 0 bridgehead atoms. The SMILES string of the molecule is O=c1ccc2c([nH]1)CCCC2NCCc1ccc(Cl)s1. The summed E-state index contributed by atoms with van der Waals surface area (Å²) >= 11 is 7.57. The van der Waals surface area contributed by atoms with E-state index in [0.29, 0.717) is 6.04 Å². The lowest BCUT2D eigenvalue weighted by atomic mass is 9.91. The summed E-state index contributed by atoms with van der Waals surface area (Å²) in [6.07, 6.45) is 4.22. The average Bonchev–Trinajstić information content (AvgIpc) is 2.84. The summed E-state index contributed by atoms with van der Waals surface area (Å²) in [7, 11) is 0. The van der Waals surface area contributed by atoms with Gasteiger partial charge in [-0.3, -0.25) is 4.79 Å². The molecule has 2 aromatic rings. The maximum absolute atomic E-state index is 11.4. The number of halogens is 1. The molecule has 5 heteroatoms. The fourth-order valence-corrected chi connectivity index (χ4v) is 3.86. The predicted octanol–water partition coefficient (Wildman–Crippen LogP) is 3.30. The molecule has 2 heterocycles. The summed E-state index contributed by atoms with van der Waals surface area (Å²) in [4.78, 5) is 15.6. The van der Waals surface area contributed by atoms with Gasteiger partial charge >= 0.3 is 0 Å². The Labute approximate surface area is 127 Å². The molecule has 0 spiro atoms. The van der Waals surface area contributed by atoms with E-state index in [-0.39, 0.29) is 5.56 Å². The minimum atomic E-state index is -0.00220. The highest BCUT2D eigenvalue weighted by atomic mass is 35.5. The summed E-state index contributed by atoms with van der Waals surface area (Å²) in [6.45, 7) is 0.931. The van der Waals surface area contributed by atoms with Crippen molar-refractivity contribution in [1.29, 1.82) is 0 Å². The van der Waals surface area contributed by atoms with Crippen molar-refractivity contribution in [3.05, 3.63) is 55.1 Å². The Bertz CT molecular complexity index is 649. The van der Waals surface area contributed by atoms with Gasteiger partial charge in [0.2, 0.25) is 5.56 Å². The highest BCUT2D eigenvalue weighted by molar-refractivity contribution is 7.16. The number of nitrogens with one attached hydrogen (secondary N) is 2. The van der Waals surface area contributed by atoms with Gasteiger partial charge in [0.15, 0.2) is 0 Å². The predicted molar refractivity (Wildman–Crippen MR) is 83.8 cm³/mol. The van der Waals surface area contributed by atoms with Gasteiger partial charge in [-0.05, 0) is 43.4 Å². The average molecular weight is 309 g/mol. The molecule has 1 unspecified atom stereocenters. The summed E-state index contributed by atoms with van der Waals surface area (Å²) in [5.74, 6) is 0. The Hall–Kier alpha value is -1.10. The second-order valence-electron chi connectivity index (χ2n) is 5.11. The number of hydrogen-bond acceptors (Lipinski definition) is 3. The van der Waals surface area contributed by atoms with Crippen molar-refractivity contribution in [3.63, 3.8) is 0 Å². The van der Waals surface area contributed by atoms with Gasteiger partial charge in [0.1, 0.15) is 0 Å². The van der Waals surface area contributed by atoms with E-state index >= 15 is 0 Å². The van der Waals surface area contributed by atoms with Crippen LogP contribution in [-0.4, -0.2) is 11.5 Å². The van der Waals surface area contributed by atoms with Crippen molar-refractivity contribution in [3.8, 4) is 0 Å². The van der Waals surface area contributed by atoms with Gasteiger partial charge in [-0.1, -0.05) is 17.7 Å². The minimum absolute atomic E-state index is 0.00220. The van der Waals surface area contributed by atoms with Crippen LogP contribution in [0.5, 0.6) is 0 Å². The first-order valence-electron chi connectivity index (χ1n) is 6.92. The zero-order valence-electron chi connectivity index (χ0n) is 11.1. The number of fused-ring (bicyclic) bond motifs is 1. The fraction of sp³-hybridized carbons (Fsp3) is 0.400. The van der Waals surface area contributed by atoms with E-state index in [1.54, 1.807) is 17.4 Å². The molecule has 0 radical (unpaired) electrons. The lowest BCUT2D eigenvalue weighted by Crippen LogP contribution is -2.28. The molecular weight excluding hydrogens is 292 g/mol. The molecule has 1 atom stereocenters. The zero-order valence-corrected chi connectivity index (χ0v) is 12.7. The number of aromatic nitrogens is 1. The third kappa shape index (κ3) is 3.14. The second-order valence-corrected chi connectivity index (χ2v) is 6.91. The van der Waals surface area contributed by atoms with Crippen LogP contribution in [0.3, 0.4) is 0 Å². The summed E-state index contributed by atoms with van der Waals surface area (Å²) in [5.41, 5.74) is 2.35. The van der Waals surface area contributed by atoms with Gasteiger partial charge in [-0.2, -0.15) is 0 Å². The molecule has 0 aromatic carbocycles. The van der Waals surface area contributed by atoms with E-state index in [4.69, 9.17) is 11.6 Å². The third-order valence-corrected chi connectivity index (χ3v) is 5.01. The van der Waals surface area contributed by atoms with E-state index in [1.165, 1.54) is 10.4 Å². The third-order valence-electron chi connectivity index (χ3n) is 3.72. The molecule has 0 saturated carbocycles. The van der Waals surface area contributed by atoms with Gasteiger partial charge in [-0.15, -0.1) is 11.3 Å². The molecule has 106 valence electrons. The molecule has 3 nitrogen and oxygen atoms in total. The van der Waals surface area contributed by atoms with Crippen LogP contribution in [-0.2, 0) is 12.8 Å². The molecular formula is C15H17ClN2OS. The number of H-pyrrole nitrogens is 1. The summed E-state index contributed by atoms with van der Waals surface area (Å²) in [6, 6.07) is 7.97. The maximum atomic E-state index is 11.4. The Balaban J connectivity index is 1.63. The van der Waals surface area contributed by atoms with Crippen LogP contribution in [0, 0.1) is 0 Å². The van der Waals surface area contributed by atoms with Crippen LogP contribution in [0.4, 0.5) is 0 Å². The van der Waals surface area contributed by atoms with E-state index in [9.17, 15) is 4.79 Å². The van der Waals surface area contributed by atoms with Gasteiger partial charge < -0.3 is 10.3 Å². The standard InChI is InChI=1S/C15H17ClN2OS/c16-14-6-4-10(20-14)8-9-17-12-2-1-3-13-11(12)5-7-15(19)18-13/h4-7,12,17H,1-3,8-9H2,(H,18,19). The molecule has 1 aliphatic carbocycles. The number of pyridine rings is 1. The first-order valence-corrected chi connectivity index (χ1v) is 8.11. The number of hydrogen-bond donors (Lipinski definition) is 2. The van der Waals surface area contributed by atoms with Crippen molar-refractivity contribution in [2.24, 2.45) is 0 Å². The molecule has 2 N–H and O–H groups in total. The number of aromatic amines is 1. The normalized spacial score (nSPS) is 17.9. The number of rotatable bonds is 4. The lowest BCUT2D eigenvalue weighted by Gasteiger charge is -2.25. The smallest absolute Gasteiger partial charge is 0.248 e. The van der Waals surface area contributed by atoms with Gasteiger partial charge in [0.25, 0.3) is 0 Å². The first-order chi connectivity index (χ1) is 9.72. The first kappa shape index (κ1) is 13.9. The van der Waals surface area contributed by atoms with Crippen molar-refractivity contribution >= 4 is 22.9 Å². The highest BCUT2D eigenvalue weighted by Crippen LogP contribution is 2.27. The molecule has 3 rings (SSSR count). The molecule has 1 aliphatic rings. The Morgan fingerprint density at radius 3 is 3.05 bits per heavy atom. The summed E-state index contributed by atoms with van der Waals surface area (Å²) in [5, 5.41) is 3.60. The van der Waals surface area contributed by atoms with Gasteiger partial charge in [0, 0.05) is 29.2 Å². The Morgan fingerprint density at radius 1 is 1.35 bits per heavy atom. The van der Waals surface area contributed by atoms with Gasteiger partial charge in [-0.25, -0.2) is 0 Å². The van der Waals surface area contributed by atoms with Crippen LogP contribution in [0.25, 0.3) is 0 Å². The van der Waals surface area contributed by atoms with Crippen LogP contribution in [0.15, 0.2) is 29.1 Å². The highest BCUT2D eigenvalue weighted by Gasteiger charge is 2.19. The van der Waals surface area contributed by atoms with E-state index in [0.717, 1.165) is 42.3 Å². The van der Waals surface area contributed by atoms with Gasteiger partial charge in [0.05, 0.1) is 4.34 Å². The van der Waals surface area contributed by atoms with Crippen molar-refractivity contribution < 1.29 is 0 Å². The molecule has 0 amide bonds. The minimum Gasteiger partial charge on any atom is -0.326 e. The van der Waals surface area contributed by atoms with E-state index < -0.39 is 0 Å². The molecule has 0 aliphatic heterocycles. The molecule has 2 aromatic heterocycles.